The predicted octanol–water partition coefficient (Wildman–Crippen LogP) is 4.86. The molecule has 0 radical (unpaired) electrons. The highest BCUT2D eigenvalue weighted by Crippen LogP contribution is 2.27. The van der Waals surface area contributed by atoms with Crippen molar-refractivity contribution in [1.82, 2.24) is 0 Å². The van der Waals surface area contributed by atoms with Crippen LogP contribution >= 0.6 is 0 Å². The topological polar surface area (TPSA) is 32.3 Å². The average molecular weight is 269 g/mol. The average Bonchev–Trinajstić information content (AvgIpc) is 2.41. The van der Waals surface area contributed by atoms with E-state index in [0.29, 0.717) is 5.92 Å². The number of nitrogens with one attached hydrogen (secondary N) is 1. The lowest BCUT2D eigenvalue weighted by Crippen LogP contribution is -2.27. The first-order valence-electron chi connectivity index (χ1n) is 7.06. The van der Waals surface area contributed by atoms with E-state index in [1.165, 1.54) is 11.1 Å². The molecule has 0 atom stereocenters. The number of anilines is 1. The molecule has 0 aliphatic carbocycles. The van der Waals surface area contributed by atoms with E-state index in [1.807, 2.05) is 12.1 Å². The van der Waals surface area contributed by atoms with E-state index in [2.05, 4.69) is 57.3 Å². The van der Waals surface area contributed by atoms with Crippen molar-refractivity contribution in [3.63, 3.8) is 0 Å². The standard InChI is InChI=1S/C18H23NO/c1-13(2)14-5-7-15(8-6-14)18(3,4)19-16-9-11-17(20)12-10-16/h5-13,19-20H,1-4H3. The summed E-state index contributed by atoms with van der Waals surface area (Å²) in [7, 11) is 0. The van der Waals surface area contributed by atoms with Crippen LogP contribution in [0, 0.1) is 0 Å². The van der Waals surface area contributed by atoms with E-state index >= 15 is 0 Å². The lowest BCUT2D eigenvalue weighted by Gasteiger charge is -2.28. The third kappa shape index (κ3) is 3.32. The summed E-state index contributed by atoms with van der Waals surface area (Å²) in [5.74, 6) is 0.840. The van der Waals surface area contributed by atoms with E-state index in [9.17, 15) is 5.11 Å². The second kappa shape index (κ2) is 5.58. The lowest BCUT2D eigenvalue weighted by atomic mass is 9.91. The molecular formula is C18H23NO. The van der Waals surface area contributed by atoms with Crippen molar-refractivity contribution in [1.29, 1.82) is 0 Å². The summed E-state index contributed by atoms with van der Waals surface area (Å²) >= 11 is 0. The minimum absolute atomic E-state index is 0.160. The van der Waals surface area contributed by atoms with Gasteiger partial charge in [0.1, 0.15) is 5.75 Å². The number of rotatable bonds is 4. The maximum Gasteiger partial charge on any atom is 0.115 e. The molecule has 2 N–H and O–H groups in total. The number of aromatic hydroxyl groups is 1. The van der Waals surface area contributed by atoms with Crippen molar-refractivity contribution in [2.24, 2.45) is 0 Å². The Morgan fingerprint density at radius 3 is 1.95 bits per heavy atom. The molecule has 2 aromatic carbocycles. The van der Waals surface area contributed by atoms with E-state index in [0.717, 1.165) is 5.69 Å². The van der Waals surface area contributed by atoms with Gasteiger partial charge in [-0.25, -0.2) is 0 Å². The molecule has 0 unspecified atom stereocenters. The minimum atomic E-state index is -0.160. The van der Waals surface area contributed by atoms with Gasteiger partial charge in [0.15, 0.2) is 0 Å². The summed E-state index contributed by atoms with van der Waals surface area (Å²) in [5.41, 5.74) is 3.44. The zero-order valence-electron chi connectivity index (χ0n) is 12.6. The van der Waals surface area contributed by atoms with E-state index in [1.54, 1.807) is 12.1 Å². The number of phenolic OH excluding ortho intramolecular Hbond substituents is 1. The van der Waals surface area contributed by atoms with Crippen molar-refractivity contribution < 1.29 is 5.11 Å². The molecule has 0 heterocycles. The minimum Gasteiger partial charge on any atom is -0.508 e. The number of hydrogen-bond acceptors (Lipinski definition) is 2. The van der Waals surface area contributed by atoms with Gasteiger partial charge in [-0.15, -0.1) is 0 Å². The van der Waals surface area contributed by atoms with Crippen molar-refractivity contribution in [3.8, 4) is 5.75 Å². The van der Waals surface area contributed by atoms with Gasteiger partial charge in [0.2, 0.25) is 0 Å². The van der Waals surface area contributed by atoms with Crippen molar-refractivity contribution >= 4 is 5.69 Å². The van der Waals surface area contributed by atoms with Crippen LogP contribution in [0.5, 0.6) is 5.75 Å². The van der Waals surface area contributed by atoms with Gasteiger partial charge in [0, 0.05) is 5.69 Å². The summed E-state index contributed by atoms with van der Waals surface area (Å²) < 4.78 is 0. The Kier molecular flexibility index (Phi) is 4.03. The molecule has 2 aromatic rings. The maximum atomic E-state index is 9.33. The second-order valence-corrected chi connectivity index (χ2v) is 6.07. The molecule has 0 saturated carbocycles. The summed E-state index contributed by atoms with van der Waals surface area (Å²) in [5, 5.41) is 12.8. The zero-order valence-corrected chi connectivity index (χ0v) is 12.6. The molecule has 2 nitrogen and oxygen atoms in total. The molecular weight excluding hydrogens is 246 g/mol. The predicted molar refractivity (Wildman–Crippen MR) is 85.3 cm³/mol. The highest BCUT2D eigenvalue weighted by Gasteiger charge is 2.20. The van der Waals surface area contributed by atoms with Crippen LogP contribution in [0.2, 0.25) is 0 Å². The smallest absolute Gasteiger partial charge is 0.115 e. The summed E-state index contributed by atoms with van der Waals surface area (Å²) in [6.45, 7) is 8.72. The monoisotopic (exact) mass is 269 g/mol. The van der Waals surface area contributed by atoms with Gasteiger partial charge in [-0.3, -0.25) is 0 Å². The third-order valence-corrected chi connectivity index (χ3v) is 3.62. The van der Waals surface area contributed by atoms with Crippen LogP contribution in [0.25, 0.3) is 0 Å². The van der Waals surface area contributed by atoms with Crippen LogP contribution in [0.1, 0.15) is 44.7 Å². The molecule has 0 aliphatic heterocycles. The largest absolute Gasteiger partial charge is 0.508 e. The Bertz CT molecular complexity index is 553. The van der Waals surface area contributed by atoms with Gasteiger partial charge in [-0.2, -0.15) is 0 Å². The first-order valence-corrected chi connectivity index (χ1v) is 7.06. The third-order valence-electron chi connectivity index (χ3n) is 3.62. The number of benzene rings is 2. The Hall–Kier alpha value is -1.96. The molecule has 0 amide bonds. The SMILES string of the molecule is CC(C)c1ccc(C(C)(C)Nc2ccc(O)cc2)cc1. The van der Waals surface area contributed by atoms with Crippen LogP contribution in [-0.4, -0.2) is 5.11 Å². The molecule has 0 bridgehead atoms. The normalized spacial score (nSPS) is 11.7. The molecule has 0 aromatic heterocycles. The lowest BCUT2D eigenvalue weighted by molar-refractivity contribution is 0.475. The molecule has 0 fully saturated rings. The van der Waals surface area contributed by atoms with Crippen LogP contribution < -0.4 is 5.32 Å². The molecule has 2 rings (SSSR count). The van der Waals surface area contributed by atoms with Crippen LogP contribution in [0.4, 0.5) is 5.69 Å². The Morgan fingerprint density at radius 2 is 1.45 bits per heavy atom. The number of phenols is 1. The van der Waals surface area contributed by atoms with Crippen LogP contribution in [0.3, 0.4) is 0 Å². The maximum absolute atomic E-state index is 9.33. The molecule has 2 heteroatoms. The van der Waals surface area contributed by atoms with Crippen molar-refractivity contribution in [2.45, 2.75) is 39.2 Å². The fourth-order valence-corrected chi connectivity index (χ4v) is 2.26. The highest BCUT2D eigenvalue weighted by atomic mass is 16.3. The van der Waals surface area contributed by atoms with E-state index < -0.39 is 0 Å². The molecule has 106 valence electrons. The van der Waals surface area contributed by atoms with Crippen molar-refractivity contribution in [2.75, 3.05) is 5.32 Å². The first kappa shape index (κ1) is 14.4. The fraction of sp³-hybridized carbons (Fsp3) is 0.333. The van der Waals surface area contributed by atoms with Gasteiger partial charge in [-0.1, -0.05) is 38.1 Å². The number of hydrogen-bond donors (Lipinski definition) is 2. The zero-order chi connectivity index (χ0) is 14.8. The van der Waals surface area contributed by atoms with E-state index in [-0.39, 0.29) is 11.3 Å². The first-order chi connectivity index (χ1) is 9.38. The summed E-state index contributed by atoms with van der Waals surface area (Å²) in [4.78, 5) is 0. The molecule has 20 heavy (non-hydrogen) atoms. The Morgan fingerprint density at radius 1 is 0.900 bits per heavy atom. The van der Waals surface area contributed by atoms with E-state index in [4.69, 9.17) is 0 Å². The summed E-state index contributed by atoms with van der Waals surface area (Å²) in [6, 6.07) is 15.9. The van der Waals surface area contributed by atoms with Gasteiger partial charge in [-0.05, 0) is 55.2 Å². The van der Waals surface area contributed by atoms with Gasteiger partial charge in [0.25, 0.3) is 0 Å². The van der Waals surface area contributed by atoms with Gasteiger partial charge < -0.3 is 10.4 Å². The van der Waals surface area contributed by atoms with Crippen molar-refractivity contribution in [3.05, 3.63) is 59.7 Å². The van der Waals surface area contributed by atoms with Gasteiger partial charge in [0.05, 0.1) is 5.54 Å². The molecule has 0 saturated heterocycles. The molecule has 0 spiro atoms. The second-order valence-electron chi connectivity index (χ2n) is 6.07. The fourth-order valence-electron chi connectivity index (χ4n) is 2.26. The quantitative estimate of drug-likeness (QED) is 0.777. The summed E-state index contributed by atoms with van der Waals surface area (Å²) in [6.07, 6.45) is 0. The Balaban J connectivity index is 2.18. The van der Waals surface area contributed by atoms with Crippen LogP contribution in [0.15, 0.2) is 48.5 Å². The van der Waals surface area contributed by atoms with Gasteiger partial charge >= 0.3 is 0 Å². The van der Waals surface area contributed by atoms with Crippen LogP contribution in [-0.2, 0) is 5.54 Å². The Labute approximate surface area is 121 Å². The molecule has 0 aliphatic rings. The highest BCUT2D eigenvalue weighted by molar-refractivity contribution is 5.49.